The Morgan fingerprint density at radius 2 is 1.76 bits per heavy atom. The summed E-state index contributed by atoms with van der Waals surface area (Å²) in [5.74, 6) is 3.22. The van der Waals surface area contributed by atoms with E-state index < -0.39 is 0 Å². The molecule has 1 heterocycles. The van der Waals surface area contributed by atoms with Gasteiger partial charge >= 0.3 is 0 Å². The summed E-state index contributed by atoms with van der Waals surface area (Å²) in [6.07, 6.45) is 1.24. The number of benzene rings is 1. The van der Waals surface area contributed by atoms with E-state index in [0.29, 0.717) is 0 Å². The number of hydrogen-bond donors (Lipinski definition) is 2. The maximum Gasteiger partial charge on any atom is 0.136 e. The normalized spacial score (nSPS) is 11.0. The molecule has 136 valence electrons. The number of hydrogen-bond acceptors (Lipinski definition) is 6. The van der Waals surface area contributed by atoms with Gasteiger partial charge in [-0.15, -0.1) is 0 Å². The zero-order valence-corrected chi connectivity index (χ0v) is 15.8. The predicted octanol–water partition coefficient (Wildman–Crippen LogP) is 3.68. The molecule has 1 aromatic carbocycles. The predicted molar refractivity (Wildman–Crippen MR) is 104 cm³/mol. The fraction of sp³-hybridized carbons (Fsp3) is 0.474. The third-order valence-corrected chi connectivity index (χ3v) is 3.42. The largest absolute Gasteiger partial charge is 0.491 e. The molecule has 0 saturated carbocycles. The van der Waals surface area contributed by atoms with Crippen molar-refractivity contribution >= 4 is 17.3 Å². The standard InChI is InChI=1S/C19H29N5O/c1-14(2)25-17-9-7-16(8-10-17)23-19-13-18(21-15(3)22-19)20-11-6-12-24(4)5/h7-10,13-14H,6,11-12H2,1-5H3,(H2,20,21,22,23). The van der Waals surface area contributed by atoms with Gasteiger partial charge in [-0.05, 0) is 72.1 Å². The Hall–Kier alpha value is -2.34. The van der Waals surface area contributed by atoms with Gasteiger partial charge in [0.2, 0.25) is 0 Å². The molecule has 0 saturated heterocycles. The Labute approximate surface area is 150 Å². The lowest BCUT2D eigenvalue weighted by Gasteiger charge is -2.13. The van der Waals surface area contributed by atoms with E-state index in [1.54, 1.807) is 0 Å². The number of nitrogens with one attached hydrogen (secondary N) is 2. The van der Waals surface area contributed by atoms with Gasteiger partial charge in [0.1, 0.15) is 23.2 Å². The van der Waals surface area contributed by atoms with Crippen molar-refractivity contribution in [2.45, 2.75) is 33.3 Å². The second kappa shape index (κ2) is 9.22. The molecule has 0 spiro atoms. The Balaban J connectivity index is 1.97. The first-order chi connectivity index (χ1) is 11.9. The maximum atomic E-state index is 5.66. The fourth-order valence-corrected chi connectivity index (χ4v) is 2.37. The summed E-state index contributed by atoms with van der Waals surface area (Å²) in [6, 6.07) is 9.81. The number of aromatic nitrogens is 2. The van der Waals surface area contributed by atoms with Crippen LogP contribution >= 0.6 is 0 Å². The van der Waals surface area contributed by atoms with Gasteiger partial charge in [0.05, 0.1) is 6.10 Å². The molecule has 0 aliphatic heterocycles. The molecular formula is C19H29N5O. The molecule has 6 nitrogen and oxygen atoms in total. The number of aryl methyl sites for hydroxylation is 1. The van der Waals surface area contributed by atoms with Gasteiger partial charge in [0.15, 0.2) is 0 Å². The summed E-state index contributed by atoms with van der Waals surface area (Å²) in [4.78, 5) is 11.1. The Kier molecular flexibility index (Phi) is 7.01. The Morgan fingerprint density at radius 1 is 1.08 bits per heavy atom. The van der Waals surface area contributed by atoms with E-state index in [0.717, 1.165) is 48.4 Å². The summed E-state index contributed by atoms with van der Waals surface area (Å²) in [7, 11) is 4.16. The number of anilines is 3. The molecule has 0 amide bonds. The average molecular weight is 343 g/mol. The number of rotatable bonds is 9. The van der Waals surface area contributed by atoms with Gasteiger partial charge in [0, 0.05) is 18.3 Å². The molecule has 2 rings (SSSR count). The van der Waals surface area contributed by atoms with Gasteiger partial charge in [-0.3, -0.25) is 0 Å². The average Bonchev–Trinajstić information content (AvgIpc) is 2.52. The van der Waals surface area contributed by atoms with E-state index in [9.17, 15) is 0 Å². The molecular weight excluding hydrogens is 314 g/mol. The molecule has 1 aromatic heterocycles. The second-order valence-electron chi connectivity index (χ2n) is 6.59. The quantitative estimate of drug-likeness (QED) is 0.677. The molecule has 2 aromatic rings. The van der Waals surface area contributed by atoms with Crippen molar-refractivity contribution in [3.63, 3.8) is 0 Å². The van der Waals surface area contributed by atoms with Crippen LogP contribution < -0.4 is 15.4 Å². The highest BCUT2D eigenvalue weighted by Crippen LogP contribution is 2.21. The second-order valence-corrected chi connectivity index (χ2v) is 6.59. The van der Waals surface area contributed by atoms with Gasteiger partial charge < -0.3 is 20.3 Å². The third-order valence-electron chi connectivity index (χ3n) is 3.42. The molecule has 0 bridgehead atoms. The molecule has 0 aliphatic rings. The molecule has 6 heteroatoms. The van der Waals surface area contributed by atoms with Crippen LogP contribution in [0.15, 0.2) is 30.3 Å². The molecule has 0 atom stereocenters. The van der Waals surface area contributed by atoms with Crippen LogP contribution in [0.4, 0.5) is 17.3 Å². The van der Waals surface area contributed by atoms with Crippen molar-refractivity contribution in [2.75, 3.05) is 37.8 Å². The summed E-state index contributed by atoms with van der Waals surface area (Å²) < 4.78 is 5.66. The Bertz CT molecular complexity index is 655. The topological polar surface area (TPSA) is 62.3 Å². The van der Waals surface area contributed by atoms with Crippen LogP contribution in [0.25, 0.3) is 0 Å². The van der Waals surface area contributed by atoms with Gasteiger partial charge in [-0.25, -0.2) is 9.97 Å². The smallest absolute Gasteiger partial charge is 0.136 e. The highest BCUT2D eigenvalue weighted by molar-refractivity contribution is 5.60. The van der Waals surface area contributed by atoms with Crippen LogP contribution in [0.5, 0.6) is 5.75 Å². The number of nitrogens with zero attached hydrogens (tertiary/aromatic N) is 3. The van der Waals surface area contributed by atoms with E-state index in [4.69, 9.17) is 4.74 Å². The first-order valence-corrected chi connectivity index (χ1v) is 8.70. The third kappa shape index (κ3) is 6.97. The minimum absolute atomic E-state index is 0.171. The summed E-state index contributed by atoms with van der Waals surface area (Å²) >= 11 is 0. The lowest BCUT2D eigenvalue weighted by molar-refractivity contribution is 0.242. The zero-order valence-electron chi connectivity index (χ0n) is 15.8. The van der Waals surface area contributed by atoms with Crippen molar-refractivity contribution in [3.8, 4) is 5.75 Å². The van der Waals surface area contributed by atoms with Crippen molar-refractivity contribution in [3.05, 3.63) is 36.2 Å². The lowest BCUT2D eigenvalue weighted by atomic mass is 10.3. The molecule has 0 unspecified atom stereocenters. The molecule has 0 radical (unpaired) electrons. The SMILES string of the molecule is Cc1nc(NCCCN(C)C)cc(Nc2ccc(OC(C)C)cc2)n1. The van der Waals surface area contributed by atoms with Crippen LogP contribution in [0.2, 0.25) is 0 Å². The molecule has 2 N–H and O–H groups in total. The highest BCUT2D eigenvalue weighted by Gasteiger charge is 2.04. The minimum atomic E-state index is 0.171. The van der Waals surface area contributed by atoms with E-state index in [1.165, 1.54) is 0 Å². The van der Waals surface area contributed by atoms with E-state index >= 15 is 0 Å². The fourth-order valence-electron chi connectivity index (χ4n) is 2.37. The van der Waals surface area contributed by atoms with Gasteiger partial charge in [-0.2, -0.15) is 0 Å². The van der Waals surface area contributed by atoms with Crippen LogP contribution in [-0.2, 0) is 0 Å². The summed E-state index contributed by atoms with van der Waals surface area (Å²) in [5, 5.41) is 6.68. The first-order valence-electron chi connectivity index (χ1n) is 8.70. The summed E-state index contributed by atoms with van der Waals surface area (Å²) in [6.45, 7) is 7.86. The Morgan fingerprint density at radius 3 is 2.40 bits per heavy atom. The molecule has 0 aliphatic carbocycles. The summed E-state index contributed by atoms with van der Waals surface area (Å²) in [5.41, 5.74) is 0.966. The van der Waals surface area contributed by atoms with Crippen LogP contribution in [0.3, 0.4) is 0 Å². The van der Waals surface area contributed by atoms with Gasteiger partial charge in [0.25, 0.3) is 0 Å². The maximum absolute atomic E-state index is 5.66. The zero-order chi connectivity index (χ0) is 18.2. The molecule has 0 fully saturated rings. The monoisotopic (exact) mass is 343 g/mol. The van der Waals surface area contributed by atoms with Crippen molar-refractivity contribution in [1.29, 1.82) is 0 Å². The van der Waals surface area contributed by atoms with Crippen LogP contribution in [0.1, 0.15) is 26.1 Å². The molecule has 25 heavy (non-hydrogen) atoms. The first kappa shape index (κ1) is 19.0. The van der Waals surface area contributed by atoms with E-state index in [1.807, 2.05) is 51.1 Å². The lowest BCUT2D eigenvalue weighted by Crippen LogP contribution is -2.16. The van der Waals surface area contributed by atoms with Crippen molar-refractivity contribution < 1.29 is 4.74 Å². The van der Waals surface area contributed by atoms with E-state index in [2.05, 4.69) is 39.6 Å². The minimum Gasteiger partial charge on any atom is -0.491 e. The number of ether oxygens (including phenoxy) is 1. The van der Waals surface area contributed by atoms with Crippen molar-refractivity contribution in [1.82, 2.24) is 14.9 Å². The van der Waals surface area contributed by atoms with Crippen molar-refractivity contribution in [2.24, 2.45) is 0 Å². The van der Waals surface area contributed by atoms with Gasteiger partial charge in [-0.1, -0.05) is 0 Å². The van der Waals surface area contributed by atoms with Crippen LogP contribution in [0, 0.1) is 6.92 Å². The van der Waals surface area contributed by atoms with E-state index in [-0.39, 0.29) is 6.10 Å². The van der Waals surface area contributed by atoms with Crippen LogP contribution in [-0.4, -0.2) is 48.2 Å². The highest BCUT2D eigenvalue weighted by atomic mass is 16.5.